The molecule has 1 aliphatic carbocycles. The number of hydrogen-bond acceptors (Lipinski definition) is 4. The summed E-state index contributed by atoms with van der Waals surface area (Å²) in [5, 5.41) is 19.9. The van der Waals surface area contributed by atoms with Crippen LogP contribution in [0.4, 0.5) is 5.82 Å². The van der Waals surface area contributed by atoms with Gasteiger partial charge in [-0.1, -0.05) is 32.9 Å². The lowest BCUT2D eigenvalue weighted by molar-refractivity contribution is 0.114. The number of fused-ring (bicyclic) bond motifs is 4. The molecule has 3 heterocycles. The van der Waals surface area contributed by atoms with Crippen molar-refractivity contribution in [3.05, 3.63) is 41.0 Å². The number of benzene rings is 1. The minimum atomic E-state index is -0.0234. The summed E-state index contributed by atoms with van der Waals surface area (Å²) >= 11 is 0. The molecule has 0 spiro atoms. The Kier molecular flexibility index (Phi) is 4.99. The highest BCUT2D eigenvalue weighted by Crippen LogP contribution is 2.47. The number of pyridine rings is 1. The second-order valence-corrected chi connectivity index (χ2v) is 9.76. The minimum Gasteiger partial charge on any atom is -0.396 e. The number of imidazole rings is 1. The number of nitrogens with zero attached hydrogens (tertiary/aromatic N) is 4. The van der Waals surface area contributed by atoms with E-state index < -0.39 is 0 Å². The molecule has 1 fully saturated rings. The lowest BCUT2D eigenvalue weighted by Gasteiger charge is -2.40. The van der Waals surface area contributed by atoms with Crippen LogP contribution in [0.1, 0.15) is 56.7 Å². The van der Waals surface area contributed by atoms with Crippen molar-refractivity contribution in [2.45, 2.75) is 51.9 Å². The third-order valence-corrected chi connectivity index (χ3v) is 7.26. The van der Waals surface area contributed by atoms with Gasteiger partial charge < -0.3 is 10.0 Å². The fraction of sp³-hybridized carbons (Fsp3) is 0.500. The number of piperidine rings is 1. The molecule has 0 radical (unpaired) electrons. The van der Waals surface area contributed by atoms with Crippen molar-refractivity contribution >= 4 is 34.9 Å². The molecule has 30 heavy (non-hydrogen) atoms. The molecule has 5 rings (SSSR count). The van der Waals surface area contributed by atoms with Crippen molar-refractivity contribution in [1.82, 2.24) is 9.38 Å². The highest BCUT2D eigenvalue weighted by atomic mass is 35.5. The molecule has 2 aliphatic rings. The Hall–Kier alpha value is -2.29. The van der Waals surface area contributed by atoms with Gasteiger partial charge in [0.2, 0.25) is 0 Å². The number of aromatic nitrogens is 2. The maximum absolute atomic E-state index is 10.1. The van der Waals surface area contributed by atoms with Crippen molar-refractivity contribution in [2.75, 3.05) is 24.6 Å². The first-order chi connectivity index (χ1) is 13.9. The second kappa shape index (κ2) is 7.14. The summed E-state index contributed by atoms with van der Waals surface area (Å²) < 4.78 is 2.23. The molecule has 0 bridgehead atoms. The van der Waals surface area contributed by atoms with E-state index in [0.717, 1.165) is 61.0 Å². The second-order valence-electron chi connectivity index (χ2n) is 9.76. The molecule has 1 aromatic carbocycles. The minimum absolute atomic E-state index is 0. The molecular weight excluding hydrogens is 396 g/mol. The van der Waals surface area contributed by atoms with Crippen LogP contribution in [0.25, 0.3) is 16.7 Å². The monoisotopic (exact) mass is 424 g/mol. The Bertz CT molecular complexity index is 1170. The number of halogens is 1. The highest BCUT2D eigenvalue weighted by Gasteiger charge is 2.39. The molecule has 0 atom stereocenters. The van der Waals surface area contributed by atoms with Gasteiger partial charge >= 0.3 is 0 Å². The number of rotatable bonds is 2. The van der Waals surface area contributed by atoms with Crippen LogP contribution in [0.3, 0.4) is 0 Å². The topological polar surface area (TPSA) is 64.6 Å². The summed E-state index contributed by atoms with van der Waals surface area (Å²) in [6.45, 7) is 8.75. The summed E-state index contributed by atoms with van der Waals surface area (Å²) in [4.78, 5) is 7.38. The maximum Gasteiger partial charge on any atom is 0.157 e. The number of aliphatic hydroxyl groups is 1. The van der Waals surface area contributed by atoms with Crippen molar-refractivity contribution in [1.29, 1.82) is 5.26 Å². The lowest BCUT2D eigenvalue weighted by atomic mass is 9.81. The van der Waals surface area contributed by atoms with Crippen LogP contribution in [0, 0.1) is 16.7 Å². The summed E-state index contributed by atoms with van der Waals surface area (Å²) in [5.74, 6) is 1.22. The Morgan fingerprint density at radius 1 is 1.13 bits per heavy atom. The van der Waals surface area contributed by atoms with Crippen LogP contribution in [-0.2, 0) is 11.8 Å². The number of para-hydroxylation sites is 2. The smallest absolute Gasteiger partial charge is 0.157 e. The Morgan fingerprint density at radius 3 is 2.50 bits per heavy atom. The van der Waals surface area contributed by atoms with Crippen molar-refractivity contribution in [3.8, 4) is 6.07 Å². The van der Waals surface area contributed by atoms with Crippen LogP contribution in [0.15, 0.2) is 24.3 Å². The molecule has 3 aromatic rings. The zero-order chi connectivity index (χ0) is 20.4. The molecule has 158 valence electrons. The largest absolute Gasteiger partial charge is 0.396 e. The Labute approximate surface area is 183 Å². The van der Waals surface area contributed by atoms with E-state index in [0.29, 0.717) is 0 Å². The quantitative estimate of drug-likeness (QED) is 0.652. The molecule has 2 aromatic heterocycles. The number of hydrogen-bond donors (Lipinski definition) is 1. The normalized spacial score (nSPS) is 19.5. The Morgan fingerprint density at radius 2 is 1.83 bits per heavy atom. The first-order valence-electron chi connectivity index (χ1n) is 10.6. The van der Waals surface area contributed by atoms with E-state index in [9.17, 15) is 10.4 Å². The number of aliphatic hydroxyl groups excluding tert-OH is 1. The highest BCUT2D eigenvalue weighted by molar-refractivity contribution is 5.87. The summed E-state index contributed by atoms with van der Waals surface area (Å²) in [6.07, 6.45) is 3.98. The van der Waals surface area contributed by atoms with Gasteiger partial charge in [-0.15, -0.1) is 12.4 Å². The Balaban J connectivity index is 0.00000218. The molecule has 5 nitrogen and oxygen atoms in total. The zero-order valence-corrected chi connectivity index (χ0v) is 18.7. The van der Waals surface area contributed by atoms with Gasteiger partial charge in [-0.25, -0.2) is 4.98 Å². The fourth-order valence-electron chi connectivity index (χ4n) is 5.32. The van der Waals surface area contributed by atoms with Gasteiger partial charge in [0.25, 0.3) is 0 Å². The van der Waals surface area contributed by atoms with E-state index in [1.54, 1.807) is 0 Å². The van der Waals surface area contributed by atoms with Crippen LogP contribution < -0.4 is 4.90 Å². The van der Waals surface area contributed by atoms with Crippen LogP contribution in [-0.4, -0.2) is 34.2 Å². The van der Waals surface area contributed by atoms with E-state index in [1.165, 1.54) is 16.9 Å². The summed E-state index contributed by atoms with van der Waals surface area (Å²) in [6, 6.07) is 10.7. The third kappa shape index (κ3) is 2.89. The molecule has 0 saturated carbocycles. The van der Waals surface area contributed by atoms with Gasteiger partial charge in [0.15, 0.2) is 5.65 Å². The fourth-order valence-corrected chi connectivity index (χ4v) is 5.32. The van der Waals surface area contributed by atoms with E-state index in [-0.39, 0.29) is 29.8 Å². The van der Waals surface area contributed by atoms with E-state index in [1.807, 2.05) is 18.2 Å². The molecule has 6 heteroatoms. The SMILES string of the molecule is CC1(CO)CCN(c2c3c(c(C#N)c4nc5ccccc5n24)C(C)(C)CC3)CC1.Cl. The molecule has 0 unspecified atom stereocenters. The van der Waals surface area contributed by atoms with Crippen LogP contribution in [0.2, 0.25) is 0 Å². The van der Waals surface area contributed by atoms with Gasteiger partial charge in [0.1, 0.15) is 11.9 Å². The average Bonchev–Trinajstić information content (AvgIpc) is 3.25. The van der Waals surface area contributed by atoms with Gasteiger partial charge in [-0.05, 0) is 59.8 Å². The lowest BCUT2D eigenvalue weighted by Crippen LogP contribution is -2.41. The molecule has 0 amide bonds. The predicted octanol–water partition coefficient (Wildman–Crippen LogP) is 4.60. The molecule has 1 saturated heterocycles. The molecule has 1 N–H and O–H groups in total. The van der Waals surface area contributed by atoms with Crippen molar-refractivity contribution < 1.29 is 5.11 Å². The van der Waals surface area contributed by atoms with E-state index in [2.05, 4.69) is 42.2 Å². The third-order valence-electron chi connectivity index (χ3n) is 7.26. The predicted molar refractivity (Wildman–Crippen MR) is 123 cm³/mol. The molecular formula is C24H29ClN4O. The van der Waals surface area contributed by atoms with Crippen molar-refractivity contribution in [2.24, 2.45) is 5.41 Å². The van der Waals surface area contributed by atoms with E-state index in [4.69, 9.17) is 4.98 Å². The summed E-state index contributed by atoms with van der Waals surface area (Å²) in [7, 11) is 0. The standard InChI is InChI=1S/C24H28N4O.ClH/c1-23(2)9-8-16-20(23)17(14-25)21-26-18-6-4-5-7-19(18)28(21)22(16)27-12-10-24(3,15-29)11-13-27;/h4-7,29H,8-13,15H2,1-3H3;1H. The van der Waals surface area contributed by atoms with Gasteiger partial charge in [0, 0.05) is 19.7 Å². The first kappa shape index (κ1) is 21.0. The van der Waals surface area contributed by atoms with Gasteiger partial charge in [-0.3, -0.25) is 4.40 Å². The first-order valence-corrected chi connectivity index (χ1v) is 10.6. The maximum atomic E-state index is 10.1. The van der Waals surface area contributed by atoms with Crippen molar-refractivity contribution in [3.63, 3.8) is 0 Å². The number of nitriles is 1. The van der Waals surface area contributed by atoms with Crippen LogP contribution >= 0.6 is 12.4 Å². The van der Waals surface area contributed by atoms with Gasteiger partial charge in [0.05, 0.1) is 16.6 Å². The van der Waals surface area contributed by atoms with E-state index >= 15 is 0 Å². The zero-order valence-electron chi connectivity index (χ0n) is 17.9. The van der Waals surface area contributed by atoms with Gasteiger partial charge in [-0.2, -0.15) is 5.26 Å². The average molecular weight is 425 g/mol. The summed E-state index contributed by atoms with van der Waals surface area (Å²) in [5.41, 5.74) is 6.00. The van der Waals surface area contributed by atoms with Crippen LogP contribution in [0.5, 0.6) is 0 Å². The number of anilines is 1. The molecule has 1 aliphatic heterocycles.